The van der Waals surface area contributed by atoms with Gasteiger partial charge in [0.2, 0.25) is 0 Å². The van der Waals surface area contributed by atoms with Crippen LogP contribution in [0, 0.1) is 0 Å². The van der Waals surface area contributed by atoms with E-state index in [-0.39, 0.29) is 18.6 Å². The third-order valence-electron chi connectivity index (χ3n) is 4.79. The van der Waals surface area contributed by atoms with Crippen molar-refractivity contribution in [2.45, 2.75) is 25.8 Å². The number of likely N-dealkylation sites (tertiary alicyclic amines) is 1. The van der Waals surface area contributed by atoms with Gasteiger partial charge in [-0.25, -0.2) is 4.98 Å². The van der Waals surface area contributed by atoms with Crippen LogP contribution in [-0.2, 0) is 4.79 Å². The highest BCUT2D eigenvalue weighted by Gasteiger charge is 2.32. The first kappa shape index (κ1) is 17.4. The summed E-state index contributed by atoms with van der Waals surface area (Å²) in [6.45, 7) is 3.31. The van der Waals surface area contributed by atoms with Crippen molar-refractivity contribution in [3.05, 3.63) is 54.4 Å². The molecule has 4 rings (SSSR count). The van der Waals surface area contributed by atoms with Gasteiger partial charge in [-0.1, -0.05) is 12.1 Å². The number of hydrogen-bond donors (Lipinski definition) is 1. The summed E-state index contributed by atoms with van der Waals surface area (Å²) in [6.07, 6.45) is 1.88. The van der Waals surface area contributed by atoms with Crippen LogP contribution in [0.3, 0.4) is 0 Å². The zero-order valence-electron chi connectivity index (χ0n) is 15.4. The number of nitrogens with one attached hydrogen (secondary N) is 1. The molecule has 0 aliphatic carbocycles. The topological polar surface area (TPSA) is 67.5 Å². The zero-order chi connectivity index (χ0) is 18.6. The molecule has 1 N–H and O–H groups in total. The summed E-state index contributed by atoms with van der Waals surface area (Å²) >= 11 is 0. The lowest BCUT2D eigenvalue weighted by molar-refractivity contribution is -0.134. The van der Waals surface area contributed by atoms with Crippen LogP contribution in [0.5, 0.6) is 11.5 Å². The van der Waals surface area contributed by atoms with E-state index in [4.69, 9.17) is 9.47 Å². The molecular formula is C21H23N3O3. The Balaban J connectivity index is 1.41. The Morgan fingerprint density at radius 2 is 1.89 bits per heavy atom. The maximum absolute atomic E-state index is 12.7. The third-order valence-corrected chi connectivity index (χ3v) is 4.79. The van der Waals surface area contributed by atoms with Crippen molar-refractivity contribution in [3.8, 4) is 11.5 Å². The average Bonchev–Trinajstić information content (AvgIpc) is 3.34. The number of rotatable bonds is 6. The van der Waals surface area contributed by atoms with Gasteiger partial charge < -0.3 is 19.4 Å². The predicted molar refractivity (Wildman–Crippen MR) is 103 cm³/mol. The van der Waals surface area contributed by atoms with Gasteiger partial charge in [-0.15, -0.1) is 0 Å². The molecule has 1 saturated heterocycles. The summed E-state index contributed by atoms with van der Waals surface area (Å²) in [5.41, 5.74) is 1.93. The number of carbonyl (C=O) groups excluding carboxylic acids is 1. The Kier molecular flexibility index (Phi) is 4.96. The van der Waals surface area contributed by atoms with Crippen LogP contribution in [0.4, 0.5) is 0 Å². The summed E-state index contributed by atoms with van der Waals surface area (Å²) in [6, 6.07) is 15.2. The van der Waals surface area contributed by atoms with Crippen molar-refractivity contribution in [2.24, 2.45) is 0 Å². The van der Waals surface area contributed by atoms with Gasteiger partial charge in [0.05, 0.1) is 23.7 Å². The molecule has 6 heteroatoms. The molecule has 27 heavy (non-hydrogen) atoms. The number of aromatic amines is 1. The molecule has 1 atom stereocenters. The molecule has 140 valence electrons. The Labute approximate surface area is 158 Å². The van der Waals surface area contributed by atoms with Crippen molar-refractivity contribution < 1.29 is 14.3 Å². The van der Waals surface area contributed by atoms with Gasteiger partial charge in [-0.3, -0.25) is 4.79 Å². The SMILES string of the molecule is CCOc1ccc(OCC(=O)N2CCCC2c2nc3ccccc3[nH]2)cc1. The second-order valence-electron chi connectivity index (χ2n) is 6.58. The first-order chi connectivity index (χ1) is 13.2. The number of carbonyl (C=O) groups is 1. The lowest BCUT2D eigenvalue weighted by Crippen LogP contribution is -2.34. The molecule has 1 unspecified atom stereocenters. The minimum absolute atomic E-state index is 0.0186. The number of aromatic nitrogens is 2. The standard InChI is InChI=1S/C21H23N3O3/c1-2-26-15-9-11-16(12-10-15)27-14-20(25)24-13-5-8-19(24)21-22-17-6-3-4-7-18(17)23-21/h3-4,6-7,9-12,19H,2,5,8,13-14H2,1H3,(H,22,23). The van der Waals surface area contributed by atoms with E-state index in [1.54, 1.807) is 0 Å². The Bertz CT molecular complexity index is 887. The number of H-pyrrole nitrogens is 1. The van der Waals surface area contributed by atoms with Gasteiger partial charge in [-0.2, -0.15) is 0 Å². The maximum Gasteiger partial charge on any atom is 0.261 e. The number of nitrogens with zero attached hydrogens (tertiary/aromatic N) is 2. The average molecular weight is 365 g/mol. The molecule has 0 saturated carbocycles. The van der Waals surface area contributed by atoms with Crippen molar-refractivity contribution in [3.63, 3.8) is 0 Å². The molecule has 2 aromatic carbocycles. The van der Waals surface area contributed by atoms with E-state index in [1.165, 1.54) is 0 Å². The van der Waals surface area contributed by atoms with Crippen LogP contribution >= 0.6 is 0 Å². The number of amides is 1. The van der Waals surface area contributed by atoms with Gasteiger partial charge in [0.15, 0.2) is 6.61 Å². The highest BCUT2D eigenvalue weighted by Crippen LogP contribution is 2.31. The van der Waals surface area contributed by atoms with E-state index in [0.717, 1.165) is 42.0 Å². The molecule has 0 bridgehead atoms. The summed E-state index contributed by atoms with van der Waals surface area (Å²) in [7, 11) is 0. The molecular weight excluding hydrogens is 342 g/mol. The largest absolute Gasteiger partial charge is 0.494 e. The fourth-order valence-electron chi connectivity index (χ4n) is 3.51. The van der Waals surface area contributed by atoms with E-state index < -0.39 is 0 Å². The van der Waals surface area contributed by atoms with E-state index in [2.05, 4.69) is 9.97 Å². The zero-order valence-corrected chi connectivity index (χ0v) is 15.4. The first-order valence-electron chi connectivity index (χ1n) is 9.34. The Hall–Kier alpha value is -3.02. The number of ether oxygens (including phenoxy) is 2. The van der Waals surface area contributed by atoms with E-state index in [0.29, 0.717) is 12.4 Å². The smallest absolute Gasteiger partial charge is 0.261 e. The minimum Gasteiger partial charge on any atom is -0.494 e. The van der Waals surface area contributed by atoms with Crippen LogP contribution in [0.2, 0.25) is 0 Å². The fourth-order valence-corrected chi connectivity index (χ4v) is 3.51. The van der Waals surface area contributed by atoms with Crippen molar-refractivity contribution in [1.29, 1.82) is 0 Å². The third kappa shape index (κ3) is 3.74. The molecule has 1 aliphatic heterocycles. The van der Waals surface area contributed by atoms with Gasteiger partial charge in [0, 0.05) is 6.54 Å². The lowest BCUT2D eigenvalue weighted by atomic mass is 10.2. The molecule has 1 aromatic heterocycles. The van der Waals surface area contributed by atoms with Crippen LogP contribution in [0.25, 0.3) is 11.0 Å². The van der Waals surface area contributed by atoms with E-state index in [9.17, 15) is 4.79 Å². The molecule has 1 aliphatic rings. The quantitative estimate of drug-likeness (QED) is 0.723. The van der Waals surface area contributed by atoms with Gasteiger partial charge in [0.1, 0.15) is 17.3 Å². The first-order valence-corrected chi connectivity index (χ1v) is 9.34. The molecule has 6 nitrogen and oxygen atoms in total. The summed E-state index contributed by atoms with van der Waals surface area (Å²) < 4.78 is 11.1. The second kappa shape index (κ2) is 7.70. The second-order valence-corrected chi connectivity index (χ2v) is 6.58. The Morgan fingerprint density at radius 1 is 1.15 bits per heavy atom. The van der Waals surface area contributed by atoms with Crippen LogP contribution in [0.15, 0.2) is 48.5 Å². The van der Waals surface area contributed by atoms with Crippen molar-refractivity contribution in [2.75, 3.05) is 19.8 Å². The number of benzene rings is 2. The summed E-state index contributed by atoms with van der Waals surface area (Å²) in [4.78, 5) is 22.6. The van der Waals surface area contributed by atoms with Crippen LogP contribution < -0.4 is 9.47 Å². The maximum atomic E-state index is 12.7. The molecule has 0 spiro atoms. The molecule has 2 heterocycles. The number of imidazole rings is 1. The molecule has 1 fully saturated rings. The molecule has 0 radical (unpaired) electrons. The number of para-hydroxylation sites is 2. The van der Waals surface area contributed by atoms with Gasteiger partial charge in [-0.05, 0) is 56.2 Å². The highest BCUT2D eigenvalue weighted by atomic mass is 16.5. The van der Waals surface area contributed by atoms with Gasteiger partial charge in [0.25, 0.3) is 5.91 Å². The molecule has 1 amide bonds. The minimum atomic E-state index is -0.0214. The van der Waals surface area contributed by atoms with Crippen molar-refractivity contribution >= 4 is 16.9 Å². The summed E-state index contributed by atoms with van der Waals surface area (Å²) in [5, 5.41) is 0. The van der Waals surface area contributed by atoms with Gasteiger partial charge >= 0.3 is 0 Å². The van der Waals surface area contributed by atoms with E-state index >= 15 is 0 Å². The fraction of sp³-hybridized carbons (Fsp3) is 0.333. The van der Waals surface area contributed by atoms with Crippen LogP contribution in [0.1, 0.15) is 31.6 Å². The van der Waals surface area contributed by atoms with Crippen molar-refractivity contribution in [1.82, 2.24) is 14.9 Å². The highest BCUT2D eigenvalue weighted by molar-refractivity contribution is 5.79. The lowest BCUT2D eigenvalue weighted by Gasteiger charge is -2.23. The van der Waals surface area contributed by atoms with E-state index in [1.807, 2.05) is 60.4 Å². The predicted octanol–water partition coefficient (Wildman–Crippen LogP) is 3.70. The normalized spacial score (nSPS) is 16.6. The number of hydrogen-bond acceptors (Lipinski definition) is 4. The monoisotopic (exact) mass is 365 g/mol. The molecule has 3 aromatic rings. The Morgan fingerprint density at radius 3 is 2.63 bits per heavy atom. The van der Waals surface area contributed by atoms with Crippen LogP contribution in [-0.4, -0.2) is 40.5 Å². The number of fused-ring (bicyclic) bond motifs is 1. The summed E-state index contributed by atoms with van der Waals surface area (Å²) in [5.74, 6) is 2.28.